The molecule has 0 aliphatic heterocycles. The smallest absolute Gasteiger partial charge is 0.140 e. The van der Waals surface area contributed by atoms with Gasteiger partial charge in [0.05, 0.1) is 4.47 Å². The van der Waals surface area contributed by atoms with E-state index in [-0.39, 0.29) is 5.82 Å². The van der Waals surface area contributed by atoms with Gasteiger partial charge in [0.2, 0.25) is 0 Å². The summed E-state index contributed by atoms with van der Waals surface area (Å²) in [5.41, 5.74) is 0.895. The molecule has 1 aromatic rings. The van der Waals surface area contributed by atoms with Gasteiger partial charge in [-0.2, -0.15) is 0 Å². The largest absolute Gasteiger partial charge is 0.319 e. The first-order chi connectivity index (χ1) is 8.74. The fourth-order valence-corrected chi connectivity index (χ4v) is 3.49. The third-order valence-corrected chi connectivity index (χ3v) is 4.62. The maximum Gasteiger partial charge on any atom is 0.140 e. The van der Waals surface area contributed by atoms with Crippen molar-refractivity contribution in [1.29, 1.82) is 0 Å². The molecule has 1 saturated carbocycles. The topological polar surface area (TPSA) is 12.0 Å². The number of rotatable bonds is 3. The fraction of sp³-hybridized carbons (Fsp3) is 0.600. The summed E-state index contributed by atoms with van der Waals surface area (Å²) in [6.07, 6.45) is 6.10. The van der Waals surface area contributed by atoms with Crippen LogP contribution in [0.5, 0.6) is 0 Å². The van der Waals surface area contributed by atoms with Gasteiger partial charge < -0.3 is 5.32 Å². The lowest BCUT2D eigenvalue weighted by atomic mass is 9.82. The van der Waals surface area contributed by atoms with Crippen LogP contribution in [0.1, 0.15) is 43.6 Å². The Bertz CT molecular complexity index is 394. The van der Waals surface area contributed by atoms with Crippen molar-refractivity contribution in [3.05, 3.63) is 34.1 Å². The average molecular weight is 314 g/mol. The monoisotopic (exact) mass is 313 g/mol. The van der Waals surface area contributed by atoms with Crippen LogP contribution in [0.2, 0.25) is 0 Å². The van der Waals surface area contributed by atoms with Gasteiger partial charge in [0, 0.05) is 0 Å². The molecule has 1 nitrogen and oxygen atoms in total. The number of hydrogen-bond donors (Lipinski definition) is 1. The first kappa shape index (κ1) is 14.0. The predicted molar refractivity (Wildman–Crippen MR) is 77.3 cm³/mol. The minimum Gasteiger partial charge on any atom is -0.319 e. The van der Waals surface area contributed by atoms with Gasteiger partial charge >= 0.3 is 0 Å². The highest BCUT2D eigenvalue weighted by Crippen LogP contribution is 2.38. The van der Waals surface area contributed by atoms with E-state index in [1.165, 1.54) is 25.7 Å². The van der Waals surface area contributed by atoms with Crippen molar-refractivity contribution in [3.8, 4) is 0 Å². The SMILES string of the molecule is CNCC1CCCCCC1c1cccc(Br)c1F. The molecule has 1 aliphatic rings. The van der Waals surface area contributed by atoms with Gasteiger partial charge in [-0.25, -0.2) is 4.39 Å². The third-order valence-electron chi connectivity index (χ3n) is 4.01. The Balaban J connectivity index is 2.28. The third kappa shape index (κ3) is 3.12. The Kier molecular flexibility index (Phi) is 5.19. The van der Waals surface area contributed by atoms with Gasteiger partial charge in [0.1, 0.15) is 5.82 Å². The van der Waals surface area contributed by atoms with E-state index in [4.69, 9.17) is 0 Å². The highest BCUT2D eigenvalue weighted by Gasteiger charge is 2.27. The Morgan fingerprint density at radius 2 is 2.06 bits per heavy atom. The molecule has 2 atom stereocenters. The number of benzene rings is 1. The average Bonchev–Trinajstić information content (AvgIpc) is 2.59. The molecular weight excluding hydrogens is 293 g/mol. The van der Waals surface area contributed by atoms with Crippen LogP contribution in [0, 0.1) is 11.7 Å². The van der Waals surface area contributed by atoms with Gasteiger partial charge in [0.25, 0.3) is 0 Å². The zero-order valence-electron chi connectivity index (χ0n) is 10.9. The Morgan fingerprint density at radius 1 is 1.28 bits per heavy atom. The van der Waals surface area contributed by atoms with E-state index in [0.717, 1.165) is 18.5 Å². The zero-order chi connectivity index (χ0) is 13.0. The van der Waals surface area contributed by atoms with Gasteiger partial charge in [-0.15, -0.1) is 0 Å². The second-order valence-electron chi connectivity index (χ2n) is 5.21. The Labute approximate surface area is 117 Å². The van der Waals surface area contributed by atoms with Crippen LogP contribution in [0.4, 0.5) is 4.39 Å². The lowest BCUT2D eigenvalue weighted by Crippen LogP contribution is -2.24. The molecule has 1 N–H and O–H groups in total. The summed E-state index contributed by atoms with van der Waals surface area (Å²) >= 11 is 3.30. The highest BCUT2D eigenvalue weighted by molar-refractivity contribution is 9.10. The second-order valence-corrected chi connectivity index (χ2v) is 6.06. The molecular formula is C15H21BrFN. The molecule has 18 heavy (non-hydrogen) atoms. The minimum atomic E-state index is -0.0643. The van der Waals surface area contributed by atoms with Crippen LogP contribution in [0.15, 0.2) is 22.7 Å². The Morgan fingerprint density at radius 3 is 2.83 bits per heavy atom. The molecule has 1 aliphatic carbocycles. The van der Waals surface area contributed by atoms with Crippen LogP contribution in [0.3, 0.4) is 0 Å². The van der Waals surface area contributed by atoms with E-state index >= 15 is 0 Å². The fourth-order valence-electron chi connectivity index (χ4n) is 3.11. The summed E-state index contributed by atoms with van der Waals surface area (Å²) in [5.74, 6) is 0.851. The van der Waals surface area contributed by atoms with Gasteiger partial charge in [0.15, 0.2) is 0 Å². The summed E-state index contributed by atoms with van der Waals surface area (Å²) < 4.78 is 14.9. The molecule has 1 fully saturated rings. The van der Waals surface area contributed by atoms with Crippen molar-refractivity contribution in [3.63, 3.8) is 0 Å². The maximum absolute atomic E-state index is 14.3. The molecule has 0 saturated heterocycles. The van der Waals surface area contributed by atoms with Crippen LogP contribution < -0.4 is 5.32 Å². The van der Waals surface area contributed by atoms with Crippen molar-refractivity contribution in [2.45, 2.75) is 38.0 Å². The van der Waals surface area contributed by atoms with Crippen molar-refractivity contribution < 1.29 is 4.39 Å². The molecule has 0 bridgehead atoms. The molecule has 1 aromatic carbocycles. The Hall–Kier alpha value is -0.410. The normalized spacial score (nSPS) is 24.8. The van der Waals surface area contributed by atoms with Gasteiger partial charge in [-0.3, -0.25) is 0 Å². The van der Waals surface area contributed by atoms with E-state index in [9.17, 15) is 4.39 Å². The lowest BCUT2D eigenvalue weighted by molar-refractivity contribution is 0.376. The van der Waals surface area contributed by atoms with Crippen LogP contribution >= 0.6 is 15.9 Å². The second kappa shape index (κ2) is 6.67. The van der Waals surface area contributed by atoms with Gasteiger partial charge in [-0.1, -0.05) is 31.4 Å². The predicted octanol–water partition coefficient (Wildman–Crippen LogP) is 4.47. The molecule has 100 valence electrons. The summed E-state index contributed by atoms with van der Waals surface area (Å²) in [4.78, 5) is 0. The van der Waals surface area contributed by atoms with Crippen molar-refractivity contribution >= 4 is 15.9 Å². The quantitative estimate of drug-likeness (QED) is 0.812. The number of halogens is 2. The zero-order valence-corrected chi connectivity index (χ0v) is 12.5. The molecule has 2 rings (SSSR count). The van der Waals surface area contributed by atoms with E-state index in [0.29, 0.717) is 16.3 Å². The maximum atomic E-state index is 14.3. The van der Waals surface area contributed by atoms with Crippen molar-refractivity contribution in [2.75, 3.05) is 13.6 Å². The summed E-state index contributed by atoms with van der Waals surface area (Å²) in [5, 5.41) is 3.26. The molecule has 0 heterocycles. The molecule has 0 amide bonds. The summed E-state index contributed by atoms with van der Waals surface area (Å²) in [6.45, 7) is 0.983. The van der Waals surface area contributed by atoms with Crippen molar-refractivity contribution in [1.82, 2.24) is 5.32 Å². The molecule has 0 radical (unpaired) electrons. The van der Waals surface area contributed by atoms with Crippen LogP contribution in [-0.4, -0.2) is 13.6 Å². The van der Waals surface area contributed by atoms with E-state index in [1.54, 1.807) is 6.07 Å². The molecule has 0 aromatic heterocycles. The van der Waals surface area contributed by atoms with Crippen LogP contribution in [0.25, 0.3) is 0 Å². The van der Waals surface area contributed by atoms with Crippen LogP contribution in [-0.2, 0) is 0 Å². The van der Waals surface area contributed by atoms with E-state index in [2.05, 4.69) is 21.2 Å². The molecule has 0 spiro atoms. The highest BCUT2D eigenvalue weighted by atomic mass is 79.9. The standard InChI is InChI=1S/C15H21BrFN/c1-18-10-11-6-3-2-4-7-12(11)13-8-5-9-14(16)15(13)17/h5,8-9,11-12,18H,2-4,6-7,10H2,1H3. The first-order valence-electron chi connectivity index (χ1n) is 6.82. The van der Waals surface area contributed by atoms with E-state index in [1.807, 2.05) is 19.2 Å². The lowest BCUT2D eigenvalue weighted by Gasteiger charge is -2.26. The van der Waals surface area contributed by atoms with E-state index < -0.39 is 0 Å². The summed E-state index contributed by atoms with van der Waals surface area (Å²) in [7, 11) is 1.99. The first-order valence-corrected chi connectivity index (χ1v) is 7.62. The molecule has 2 unspecified atom stereocenters. The molecule has 3 heteroatoms. The number of hydrogen-bond acceptors (Lipinski definition) is 1. The van der Waals surface area contributed by atoms with Gasteiger partial charge in [-0.05, 0) is 65.8 Å². The number of nitrogens with one attached hydrogen (secondary N) is 1. The summed E-state index contributed by atoms with van der Waals surface area (Å²) in [6, 6.07) is 5.69. The minimum absolute atomic E-state index is 0.0643. The van der Waals surface area contributed by atoms with Crippen molar-refractivity contribution in [2.24, 2.45) is 5.92 Å².